The second kappa shape index (κ2) is 6.31. The molecule has 2 aromatic rings. The molecule has 0 atom stereocenters. The van der Waals surface area contributed by atoms with Crippen molar-refractivity contribution in [1.82, 2.24) is 9.36 Å². The van der Waals surface area contributed by atoms with Crippen LogP contribution in [-0.2, 0) is 4.74 Å². The molecule has 0 amide bonds. The van der Waals surface area contributed by atoms with E-state index in [-0.39, 0.29) is 6.10 Å². The number of aromatic nitrogens is 2. The molecular weight excluding hydrogens is 280 g/mol. The third-order valence-electron chi connectivity index (χ3n) is 2.43. The number of ether oxygens (including phenoxy) is 1. The van der Waals surface area contributed by atoms with Gasteiger partial charge in [0.2, 0.25) is 0 Å². The maximum Gasteiger partial charge on any atom is 0.148 e. The molecule has 0 spiro atoms. The van der Waals surface area contributed by atoms with E-state index in [9.17, 15) is 0 Å². The largest absolute Gasteiger partial charge is 0.382 e. The first-order valence-electron chi connectivity index (χ1n) is 6.11. The molecule has 0 aliphatic rings. The first kappa shape index (κ1) is 14.2. The van der Waals surface area contributed by atoms with Crippen molar-refractivity contribution in [3.63, 3.8) is 0 Å². The molecule has 104 valence electrons. The number of anilines is 2. The summed E-state index contributed by atoms with van der Waals surface area (Å²) in [6.45, 7) is 7.41. The van der Waals surface area contributed by atoms with Crippen LogP contribution < -0.4 is 11.1 Å². The molecule has 0 saturated carbocycles. The van der Waals surface area contributed by atoms with Gasteiger partial charge in [-0.25, -0.2) is 4.98 Å². The molecule has 0 aliphatic heterocycles. The molecule has 0 fully saturated rings. The van der Waals surface area contributed by atoms with E-state index in [1.54, 1.807) is 11.3 Å². The monoisotopic (exact) mass is 298 g/mol. The zero-order chi connectivity index (χ0) is 13.8. The van der Waals surface area contributed by atoms with Crippen LogP contribution in [0.3, 0.4) is 0 Å². The number of hydrogen-bond acceptors (Lipinski definition) is 7. The smallest absolute Gasteiger partial charge is 0.148 e. The number of hydrogen-bond donors (Lipinski definition) is 2. The van der Waals surface area contributed by atoms with Crippen LogP contribution in [-0.4, -0.2) is 28.6 Å². The Kier molecular flexibility index (Phi) is 4.73. The van der Waals surface area contributed by atoms with Gasteiger partial charge in [-0.1, -0.05) is 0 Å². The number of nitrogens with one attached hydrogen (secondary N) is 1. The van der Waals surface area contributed by atoms with Gasteiger partial charge in [-0.2, -0.15) is 4.37 Å². The van der Waals surface area contributed by atoms with Gasteiger partial charge in [-0.05, 0) is 32.3 Å². The Bertz CT molecular complexity index is 536. The molecule has 0 saturated heterocycles. The molecule has 2 aromatic heterocycles. The van der Waals surface area contributed by atoms with Crippen molar-refractivity contribution in [3.05, 3.63) is 10.4 Å². The lowest BCUT2D eigenvalue weighted by Gasteiger charge is -2.09. The van der Waals surface area contributed by atoms with E-state index in [4.69, 9.17) is 10.5 Å². The summed E-state index contributed by atoms with van der Waals surface area (Å²) in [6.07, 6.45) is 0.244. The molecule has 3 N–H and O–H groups in total. The summed E-state index contributed by atoms with van der Waals surface area (Å²) in [5, 5.41) is 7.29. The Balaban J connectivity index is 2.06. The van der Waals surface area contributed by atoms with E-state index in [0.29, 0.717) is 12.4 Å². The number of rotatable bonds is 6. The predicted octanol–water partition coefficient (Wildman–Crippen LogP) is 2.99. The number of thiazole rings is 1. The van der Waals surface area contributed by atoms with Crippen LogP contribution in [0.4, 0.5) is 10.8 Å². The minimum atomic E-state index is 0.244. The summed E-state index contributed by atoms with van der Waals surface area (Å²) >= 11 is 2.97. The highest BCUT2D eigenvalue weighted by molar-refractivity contribution is 7.11. The number of aryl methyl sites for hydroxylation is 1. The van der Waals surface area contributed by atoms with Crippen LogP contribution >= 0.6 is 22.9 Å². The molecule has 0 aromatic carbocycles. The van der Waals surface area contributed by atoms with E-state index in [1.807, 2.05) is 26.2 Å². The SMILES string of the molecule is Cc1nc(-c2c(N)nsc2NCCOC(C)C)cs1. The van der Waals surface area contributed by atoms with Gasteiger partial charge in [0.25, 0.3) is 0 Å². The Labute approximate surface area is 121 Å². The first-order chi connectivity index (χ1) is 9.08. The quantitative estimate of drug-likeness (QED) is 0.802. The summed E-state index contributed by atoms with van der Waals surface area (Å²) in [6, 6.07) is 0. The number of nitrogen functional groups attached to an aromatic ring is 1. The van der Waals surface area contributed by atoms with Crippen LogP contribution in [0.1, 0.15) is 18.9 Å². The zero-order valence-corrected chi connectivity index (χ0v) is 12.9. The third-order valence-corrected chi connectivity index (χ3v) is 4.02. The minimum Gasteiger partial charge on any atom is -0.382 e. The van der Waals surface area contributed by atoms with Crippen molar-refractivity contribution in [2.24, 2.45) is 0 Å². The topological polar surface area (TPSA) is 73.1 Å². The molecule has 0 aliphatic carbocycles. The van der Waals surface area contributed by atoms with Gasteiger partial charge in [-0.15, -0.1) is 11.3 Å². The van der Waals surface area contributed by atoms with Crippen LogP contribution in [0.2, 0.25) is 0 Å². The van der Waals surface area contributed by atoms with Crippen LogP contribution in [0.5, 0.6) is 0 Å². The minimum absolute atomic E-state index is 0.244. The first-order valence-corrected chi connectivity index (χ1v) is 7.76. The van der Waals surface area contributed by atoms with Crippen molar-refractivity contribution in [3.8, 4) is 11.3 Å². The number of nitrogens with zero attached hydrogens (tertiary/aromatic N) is 2. The highest BCUT2D eigenvalue weighted by atomic mass is 32.1. The van der Waals surface area contributed by atoms with Crippen LogP contribution in [0, 0.1) is 6.92 Å². The molecule has 2 heterocycles. The van der Waals surface area contributed by atoms with Gasteiger partial charge in [-0.3, -0.25) is 0 Å². The maximum atomic E-state index is 5.93. The normalized spacial score (nSPS) is 11.2. The summed E-state index contributed by atoms with van der Waals surface area (Å²) in [5.41, 5.74) is 7.72. The molecule has 0 unspecified atom stereocenters. The fraction of sp³-hybridized carbons (Fsp3) is 0.500. The fourth-order valence-electron chi connectivity index (χ4n) is 1.61. The third kappa shape index (κ3) is 3.65. The van der Waals surface area contributed by atoms with Gasteiger partial charge in [0, 0.05) is 11.9 Å². The lowest BCUT2D eigenvalue weighted by atomic mass is 10.2. The Hall–Kier alpha value is -1.18. The molecule has 19 heavy (non-hydrogen) atoms. The lowest BCUT2D eigenvalue weighted by Crippen LogP contribution is -2.13. The van der Waals surface area contributed by atoms with Gasteiger partial charge in [0.1, 0.15) is 10.8 Å². The van der Waals surface area contributed by atoms with Crippen LogP contribution in [0.15, 0.2) is 5.38 Å². The van der Waals surface area contributed by atoms with Gasteiger partial charge in [0.05, 0.1) is 29.0 Å². The molecule has 7 heteroatoms. The fourth-order valence-corrected chi connectivity index (χ4v) is 2.96. The summed E-state index contributed by atoms with van der Waals surface area (Å²) < 4.78 is 9.69. The van der Waals surface area contributed by atoms with Crippen molar-refractivity contribution in [1.29, 1.82) is 0 Å². The van der Waals surface area contributed by atoms with E-state index in [0.717, 1.165) is 27.8 Å². The molecule has 5 nitrogen and oxygen atoms in total. The summed E-state index contributed by atoms with van der Waals surface area (Å²) in [7, 11) is 0. The standard InChI is InChI=1S/C12H18N4OS2/c1-7(2)17-5-4-14-12-10(11(13)16-19-12)9-6-18-8(3)15-9/h6-7,14H,4-5H2,1-3H3,(H2,13,16). The lowest BCUT2D eigenvalue weighted by molar-refractivity contribution is 0.0871. The predicted molar refractivity (Wildman–Crippen MR) is 81.9 cm³/mol. The molecule has 0 radical (unpaired) electrons. The van der Waals surface area contributed by atoms with Gasteiger partial charge < -0.3 is 15.8 Å². The maximum absolute atomic E-state index is 5.93. The molecule has 2 rings (SSSR count). The highest BCUT2D eigenvalue weighted by Gasteiger charge is 2.15. The van der Waals surface area contributed by atoms with E-state index in [1.165, 1.54) is 11.5 Å². The Morgan fingerprint density at radius 1 is 1.47 bits per heavy atom. The van der Waals surface area contributed by atoms with Gasteiger partial charge in [0.15, 0.2) is 0 Å². The summed E-state index contributed by atoms with van der Waals surface area (Å²) in [4.78, 5) is 4.47. The average molecular weight is 298 g/mol. The van der Waals surface area contributed by atoms with Crippen LogP contribution in [0.25, 0.3) is 11.3 Å². The second-order valence-electron chi connectivity index (χ2n) is 4.37. The number of nitrogens with two attached hydrogens (primary N) is 1. The zero-order valence-electron chi connectivity index (χ0n) is 11.3. The van der Waals surface area contributed by atoms with E-state index in [2.05, 4.69) is 14.7 Å². The molecule has 0 bridgehead atoms. The Morgan fingerprint density at radius 2 is 2.26 bits per heavy atom. The van der Waals surface area contributed by atoms with E-state index < -0.39 is 0 Å². The van der Waals surface area contributed by atoms with Crippen molar-refractivity contribution < 1.29 is 4.74 Å². The highest BCUT2D eigenvalue weighted by Crippen LogP contribution is 2.36. The summed E-state index contributed by atoms with van der Waals surface area (Å²) in [5.74, 6) is 0.530. The van der Waals surface area contributed by atoms with Crippen molar-refractivity contribution in [2.75, 3.05) is 24.2 Å². The van der Waals surface area contributed by atoms with Crippen molar-refractivity contribution >= 4 is 33.7 Å². The Morgan fingerprint density at radius 3 is 2.89 bits per heavy atom. The van der Waals surface area contributed by atoms with E-state index >= 15 is 0 Å². The molecular formula is C12H18N4OS2. The average Bonchev–Trinajstić information content (AvgIpc) is 2.91. The second-order valence-corrected chi connectivity index (χ2v) is 6.21. The van der Waals surface area contributed by atoms with Crippen molar-refractivity contribution in [2.45, 2.75) is 26.9 Å². The van der Waals surface area contributed by atoms with Gasteiger partial charge >= 0.3 is 0 Å².